The van der Waals surface area contributed by atoms with E-state index in [0.29, 0.717) is 33.8 Å². The van der Waals surface area contributed by atoms with Gasteiger partial charge in [0.05, 0.1) is 6.61 Å². The van der Waals surface area contributed by atoms with Crippen LogP contribution in [0.15, 0.2) is 40.4 Å². The molecule has 0 atom stereocenters. The summed E-state index contributed by atoms with van der Waals surface area (Å²) in [6.45, 7) is 6.21. The number of hydrogen-bond acceptors (Lipinski definition) is 4. The predicted octanol–water partition coefficient (Wildman–Crippen LogP) is 5.02. The summed E-state index contributed by atoms with van der Waals surface area (Å²) in [5.74, 6) is 2.87. The minimum Gasteiger partial charge on any atom is -0.490 e. The van der Waals surface area contributed by atoms with E-state index < -0.39 is 5.91 Å². The van der Waals surface area contributed by atoms with Crippen LogP contribution < -0.4 is 14.8 Å². The van der Waals surface area contributed by atoms with E-state index in [0.717, 1.165) is 11.1 Å². The Labute approximate surface area is 179 Å². The topological polar surface area (TPSA) is 71.3 Å². The highest BCUT2D eigenvalue weighted by Gasteiger charge is 2.14. The zero-order valence-corrected chi connectivity index (χ0v) is 18.1. The van der Waals surface area contributed by atoms with E-state index in [1.54, 1.807) is 12.1 Å². The number of nitriles is 1. The number of nitrogens with zero attached hydrogens (tertiary/aromatic N) is 1. The van der Waals surface area contributed by atoms with E-state index in [-0.39, 0.29) is 12.2 Å². The first-order valence-corrected chi connectivity index (χ1v) is 9.71. The molecule has 0 aliphatic carbocycles. The summed E-state index contributed by atoms with van der Waals surface area (Å²) in [7, 11) is 0. The van der Waals surface area contributed by atoms with E-state index in [2.05, 4.69) is 27.2 Å². The number of terminal acetylenes is 1. The van der Waals surface area contributed by atoms with Gasteiger partial charge in [-0.05, 0) is 61.7 Å². The van der Waals surface area contributed by atoms with Gasteiger partial charge in [-0.3, -0.25) is 4.79 Å². The van der Waals surface area contributed by atoms with Crippen molar-refractivity contribution >= 4 is 33.6 Å². The monoisotopic (exact) mass is 452 g/mol. The summed E-state index contributed by atoms with van der Waals surface area (Å²) >= 11 is 3.45. The number of aryl methyl sites for hydroxylation is 2. The van der Waals surface area contributed by atoms with Crippen LogP contribution in [0.4, 0.5) is 5.69 Å². The maximum Gasteiger partial charge on any atom is 0.266 e. The van der Waals surface area contributed by atoms with Crippen molar-refractivity contribution in [1.82, 2.24) is 0 Å². The number of anilines is 1. The van der Waals surface area contributed by atoms with Gasteiger partial charge in [0.25, 0.3) is 5.91 Å². The van der Waals surface area contributed by atoms with Crippen molar-refractivity contribution in [2.75, 3.05) is 18.5 Å². The molecular weight excluding hydrogens is 432 g/mol. The van der Waals surface area contributed by atoms with E-state index >= 15 is 0 Å². The lowest BCUT2D eigenvalue weighted by Gasteiger charge is -2.13. The third-order valence-electron chi connectivity index (χ3n) is 3.98. The Morgan fingerprint density at radius 2 is 1.97 bits per heavy atom. The molecule has 0 bridgehead atoms. The molecule has 1 N–H and O–H groups in total. The molecule has 0 spiro atoms. The second-order valence-electron chi connectivity index (χ2n) is 6.19. The van der Waals surface area contributed by atoms with Crippen molar-refractivity contribution in [2.45, 2.75) is 20.8 Å². The lowest BCUT2D eigenvalue weighted by molar-refractivity contribution is -0.112. The van der Waals surface area contributed by atoms with Gasteiger partial charge < -0.3 is 14.8 Å². The van der Waals surface area contributed by atoms with E-state index in [9.17, 15) is 10.1 Å². The molecule has 0 unspecified atom stereocenters. The second kappa shape index (κ2) is 10.4. The molecule has 29 heavy (non-hydrogen) atoms. The number of ether oxygens (including phenoxy) is 2. The summed E-state index contributed by atoms with van der Waals surface area (Å²) in [6.07, 6.45) is 6.75. The van der Waals surface area contributed by atoms with Gasteiger partial charge in [-0.25, -0.2) is 0 Å². The lowest BCUT2D eigenvalue weighted by atomic mass is 10.1. The predicted molar refractivity (Wildman–Crippen MR) is 118 cm³/mol. The number of nitrogens with one attached hydrogen (secondary N) is 1. The summed E-state index contributed by atoms with van der Waals surface area (Å²) in [4.78, 5) is 12.6. The Morgan fingerprint density at radius 3 is 2.62 bits per heavy atom. The Balaban J connectivity index is 2.37. The Hall–Kier alpha value is -3.22. The molecule has 2 aromatic rings. The molecular formula is C23H21BrN2O3. The third kappa shape index (κ3) is 5.88. The van der Waals surface area contributed by atoms with Gasteiger partial charge in [0, 0.05) is 10.2 Å². The fourth-order valence-electron chi connectivity index (χ4n) is 2.53. The number of carbonyl (C=O) groups is 1. The molecule has 2 aromatic carbocycles. The van der Waals surface area contributed by atoms with E-state index in [1.165, 1.54) is 6.08 Å². The summed E-state index contributed by atoms with van der Waals surface area (Å²) in [5, 5.41) is 12.3. The molecule has 0 aromatic heterocycles. The van der Waals surface area contributed by atoms with Crippen LogP contribution in [-0.2, 0) is 4.79 Å². The van der Waals surface area contributed by atoms with Crippen molar-refractivity contribution in [3.8, 4) is 29.9 Å². The average molecular weight is 453 g/mol. The van der Waals surface area contributed by atoms with Crippen LogP contribution in [0.25, 0.3) is 6.08 Å². The summed E-state index contributed by atoms with van der Waals surface area (Å²) in [5.41, 5.74) is 3.17. The molecule has 0 fully saturated rings. The van der Waals surface area contributed by atoms with E-state index in [4.69, 9.17) is 15.9 Å². The minimum absolute atomic E-state index is 0.0358. The quantitative estimate of drug-likeness (QED) is 0.363. The van der Waals surface area contributed by atoms with Crippen molar-refractivity contribution in [3.63, 3.8) is 0 Å². The van der Waals surface area contributed by atoms with Crippen LogP contribution in [0.3, 0.4) is 0 Å². The normalized spacial score (nSPS) is 10.6. The zero-order chi connectivity index (χ0) is 21.4. The molecule has 148 valence electrons. The number of amides is 1. The summed E-state index contributed by atoms with van der Waals surface area (Å²) < 4.78 is 11.7. The first kappa shape index (κ1) is 22.1. The number of benzene rings is 2. The van der Waals surface area contributed by atoms with Crippen LogP contribution in [0.1, 0.15) is 23.6 Å². The molecule has 0 saturated heterocycles. The fourth-order valence-corrected chi connectivity index (χ4v) is 2.96. The molecule has 0 aliphatic rings. The highest BCUT2D eigenvalue weighted by molar-refractivity contribution is 9.10. The maximum atomic E-state index is 12.6. The van der Waals surface area contributed by atoms with Gasteiger partial charge >= 0.3 is 0 Å². The lowest BCUT2D eigenvalue weighted by Crippen LogP contribution is -2.14. The number of hydrogen-bond donors (Lipinski definition) is 1. The first-order chi connectivity index (χ1) is 13.9. The Kier molecular flexibility index (Phi) is 7.88. The van der Waals surface area contributed by atoms with Crippen molar-refractivity contribution in [1.29, 1.82) is 5.26 Å². The second-order valence-corrected chi connectivity index (χ2v) is 7.04. The van der Waals surface area contributed by atoms with Crippen LogP contribution >= 0.6 is 15.9 Å². The van der Waals surface area contributed by atoms with Crippen molar-refractivity contribution in [3.05, 3.63) is 57.1 Å². The molecule has 2 rings (SSSR count). The maximum absolute atomic E-state index is 12.6. The third-order valence-corrected chi connectivity index (χ3v) is 4.67. The van der Waals surface area contributed by atoms with Crippen LogP contribution in [-0.4, -0.2) is 19.1 Å². The van der Waals surface area contributed by atoms with Crippen molar-refractivity contribution < 1.29 is 14.3 Å². The molecule has 5 nitrogen and oxygen atoms in total. The van der Waals surface area contributed by atoms with Gasteiger partial charge in [-0.15, -0.1) is 6.42 Å². The largest absolute Gasteiger partial charge is 0.490 e. The molecule has 1 amide bonds. The number of rotatable bonds is 7. The number of halogens is 1. The van der Waals surface area contributed by atoms with E-state index in [1.807, 2.05) is 45.0 Å². The average Bonchev–Trinajstić information content (AvgIpc) is 2.69. The first-order valence-electron chi connectivity index (χ1n) is 8.92. The van der Waals surface area contributed by atoms with Crippen LogP contribution in [0.2, 0.25) is 0 Å². The molecule has 0 heterocycles. The Morgan fingerprint density at radius 1 is 1.24 bits per heavy atom. The highest BCUT2D eigenvalue weighted by atomic mass is 79.9. The van der Waals surface area contributed by atoms with Crippen LogP contribution in [0.5, 0.6) is 11.5 Å². The standard InChI is InChI=1S/C23H21BrN2O3/c1-5-9-29-22-13-19(24)17(12-21(22)28-6-2)11-18(14-25)23(27)26-20-10-15(3)7-8-16(20)4/h1,7-8,10-13H,6,9H2,2-4H3,(H,26,27)/b18-11+. The molecule has 0 aliphatic heterocycles. The zero-order valence-electron chi connectivity index (χ0n) is 16.5. The van der Waals surface area contributed by atoms with Gasteiger partial charge in [0.2, 0.25) is 0 Å². The Bertz CT molecular complexity index is 1030. The smallest absolute Gasteiger partial charge is 0.266 e. The van der Waals surface area contributed by atoms with Crippen molar-refractivity contribution in [2.24, 2.45) is 0 Å². The van der Waals surface area contributed by atoms with Crippen LogP contribution in [0, 0.1) is 37.5 Å². The highest BCUT2D eigenvalue weighted by Crippen LogP contribution is 2.35. The SMILES string of the molecule is C#CCOc1cc(Br)c(/C=C(\C#N)C(=O)Nc2cc(C)ccc2C)cc1OCC. The fraction of sp³-hybridized carbons (Fsp3) is 0.217. The summed E-state index contributed by atoms with van der Waals surface area (Å²) in [6, 6.07) is 11.1. The minimum atomic E-state index is -0.487. The molecule has 0 saturated carbocycles. The molecule has 0 radical (unpaired) electrons. The number of carbonyl (C=O) groups excluding carboxylic acids is 1. The van der Waals surface area contributed by atoms with Gasteiger partial charge in [-0.2, -0.15) is 5.26 Å². The van der Waals surface area contributed by atoms with Gasteiger partial charge in [0.15, 0.2) is 11.5 Å². The van der Waals surface area contributed by atoms with Gasteiger partial charge in [-0.1, -0.05) is 34.0 Å². The molecule has 6 heteroatoms. The van der Waals surface area contributed by atoms with Gasteiger partial charge in [0.1, 0.15) is 18.2 Å².